The minimum absolute atomic E-state index is 0.00507. The number of methoxy groups -OCH3 is 1. The second-order valence-corrected chi connectivity index (χ2v) is 7.61. The summed E-state index contributed by atoms with van der Waals surface area (Å²) in [7, 11) is -2.01. The van der Waals surface area contributed by atoms with E-state index in [4.69, 9.17) is 4.74 Å². The number of nitrogens with one attached hydrogen (secondary N) is 1. The van der Waals surface area contributed by atoms with Crippen molar-refractivity contribution in [3.05, 3.63) is 41.7 Å². The molecule has 1 aliphatic rings. The van der Waals surface area contributed by atoms with E-state index >= 15 is 0 Å². The van der Waals surface area contributed by atoms with Gasteiger partial charge in [0, 0.05) is 13.1 Å². The summed E-state index contributed by atoms with van der Waals surface area (Å²) in [5.74, 6) is 0.779. The maximum Gasteiger partial charge on any atom is 0.321 e. The van der Waals surface area contributed by atoms with Gasteiger partial charge in [0.25, 0.3) is 0 Å². The van der Waals surface area contributed by atoms with Crippen LogP contribution < -0.4 is 14.4 Å². The van der Waals surface area contributed by atoms with Crippen molar-refractivity contribution in [2.75, 3.05) is 25.1 Å². The number of hydrogen-bond acceptors (Lipinski definition) is 7. The molecule has 25 heavy (non-hydrogen) atoms. The molecular weight excluding hydrogens is 342 g/mol. The lowest BCUT2D eigenvalue weighted by Crippen LogP contribution is -2.27. The molecule has 1 N–H and O–H groups in total. The number of ether oxygens (including phenoxy) is 1. The van der Waals surface area contributed by atoms with Crippen LogP contribution in [0.2, 0.25) is 0 Å². The first kappa shape index (κ1) is 17.6. The Bertz CT molecular complexity index is 808. The molecule has 134 valence electrons. The first-order valence-corrected chi connectivity index (χ1v) is 9.76. The largest absolute Gasteiger partial charge is 0.467 e. The minimum Gasteiger partial charge on any atom is -0.467 e. The predicted molar refractivity (Wildman–Crippen MR) is 93.7 cm³/mol. The summed E-state index contributed by atoms with van der Waals surface area (Å²) in [6, 6.07) is 9.20. The van der Waals surface area contributed by atoms with E-state index in [1.807, 2.05) is 23.1 Å². The highest BCUT2D eigenvalue weighted by atomic mass is 32.2. The average molecular weight is 363 g/mol. The summed E-state index contributed by atoms with van der Waals surface area (Å²) in [6.45, 7) is 1.76. The second-order valence-electron chi connectivity index (χ2n) is 5.80. The number of aromatic nitrogens is 3. The molecule has 0 spiro atoms. The number of hydrogen-bond donors (Lipinski definition) is 1. The Morgan fingerprint density at radius 3 is 2.52 bits per heavy atom. The van der Waals surface area contributed by atoms with Crippen LogP contribution in [0.4, 0.5) is 5.95 Å². The summed E-state index contributed by atoms with van der Waals surface area (Å²) in [5, 5.41) is 0. The summed E-state index contributed by atoms with van der Waals surface area (Å²) in [6.07, 6.45) is 2.18. The topological polar surface area (TPSA) is 97.3 Å². The van der Waals surface area contributed by atoms with Crippen LogP contribution in [0.1, 0.15) is 24.2 Å². The van der Waals surface area contributed by atoms with Crippen LogP contribution in [0.3, 0.4) is 0 Å². The molecular formula is C16H21N5O3S. The second kappa shape index (κ2) is 7.75. The van der Waals surface area contributed by atoms with E-state index in [1.54, 1.807) is 12.1 Å². The SMILES string of the molecule is COc1nc(CNS(=O)(=O)Cc2ccccc2)nc(N2CCCC2)n1. The van der Waals surface area contributed by atoms with E-state index in [-0.39, 0.29) is 18.3 Å². The average Bonchev–Trinajstić information content (AvgIpc) is 3.15. The van der Waals surface area contributed by atoms with Gasteiger partial charge in [-0.1, -0.05) is 30.3 Å². The Morgan fingerprint density at radius 2 is 1.84 bits per heavy atom. The zero-order chi connectivity index (χ0) is 17.7. The van der Waals surface area contributed by atoms with E-state index in [0.717, 1.165) is 31.5 Å². The van der Waals surface area contributed by atoms with Crippen LogP contribution in [-0.2, 0) is 22.3 Å². The molecule has 0 amide bonds. The van der Waals surface area contributed by atoms with E-state index < -0.39 is 10.0 Å². The number of sulfonamides is 1. The zero-order valence-electron chi connectivity index (χ0n) is 14.1. The van der Waals surface area contributed by atoms with Crippen LogP contribution >= 0.6 is 0 Å². The lowest BCUT2D eigenvalue weighted by atomic mass is 10.2. The highest BCUT2D eigenvalue weighted by Crippen LogP contribution is 2.17. The van der Waals surface area contributed by atoms with Gasteiger partial charge in [-0.3, -0.25) is 0 Å². The van der Waals surface area contributed by atoms with Crippen molar-refractivity contribution in [1.29, 1.82) is 0 Å². The molecule has 0 unspecified atom stereocenters. The van der Waals surface area contributed by atoms with Gasteiger partial charge in [0.05, 0.1) is 19.4 Å². The maximum atomic E-state index is 12.2. The molecule has 2 heterocycles. The van der Waals surface area contributed by atoms with Crippen LogP contribution in [0.5, 0.6) is 6.01 Å². The van der Waals surface area contributed by atoms with Crippen molar-refractivity contribution in [2.24, 2.45) is 0 Å². The Hall–Kier alpha value is -2.26. The normalized spacial score (nSPS) is 14.7. The lowest BCUT2D eigenvalue weighted by Gasteiger charge is -2.16. The molecule has 1 saturated heterocycles. The van der Waals surface area contributed by atoms with Crippen LogP contribution in [-0.4, -0.2) is 43.6 Å². The van der Waals surface area contributed by atoms with Crippen molar-refractivity contribution in [2.45, 2.75) is 25.1 Å². The molecule has 9 heteroatoms. The van der Waals surface area contributed by atoms with Crippen molar-refractivity contribution >= 4 is 16.0 Å². The van der Waals surface area contributed by atoms with Gasteiger partial charge in [-0.2, -0.15) is 15.0 Å². The van der Waals surface area contributed by atoms with Crippen molar-refractivity contribution in [1.82, 2.24) is 19.7 Å². The summed E-state index contributed by atoms with van der Waals surface area (Å²) in [5.41, 5.74) is 0.723. The fourth-order valence-corrected chi connectivity index (χ4v) is 3.72. The van der Waals surface area contributed by atoms with E-state index in [9.17, 15) is 8.42 Å². The Balaban J connectivity index is 1.70. The zero-order valence-corrected chi connectivity index (χ0v) is 14.9. The third-order valence-electron chi connectivity index (χ3n) is 3.87. The predicted octanol–water partition coefficient (Wildman–Crippen LogP) is 1.10. The third-order valence-corrected chi connectivity index (χ3v) is 5.17. The molecule has 8 nitrogen and oxygen atoms in total. The Labute approximate surface area is 147 Å². The quantitative estimate of drug-likeness (QED) is 0.787. The monoisotopic (exact) mass is 363 g/mol. The lowest BCUT2D eigenvalue weighted by molar-refractivity contribution is 0.375. The van der Waals surface area contributed by atoms with Gasteiger partial charge in [-0.25, -0.2) is 13.1 Å². The van der Waals surface area contributed by atoms with Gasteiger partial charge in [-0.15, -0.1) is 0 Å². The molecule has 0 aliphatic carbocycles. The summed E-state index contributed by atoms with van der Waals surface area (Å²) >= 11 is 0. The van der Waals surface area contributed by atoms with Crippen LogP contribution in [0.15, 0.2) is 30.3 Å². The molecule has 1 fully saturated rings. The third kappa shape index (κ3) is 4.86. The fraction of sp³-hybridized carbons (Fsp3) is 0.438. The molecule has 0 saturated carbocycles. The molecule has 2 aromatic rings. The summed E-state index contributed by atoms with van der Waals surface area (Å²) < 4.78 is 32.1. The molecule has 1 aromatic carbocycles. The van der Waals surface area contributed by atoms with Gasteiger partial charge in [0.1, 0.15) is 0 Å². The molecule has 0 atom stereocenters. The maximum absolute atomic E-state index is 12.2. The number of rotatable bonds is 7. The van der Waals surface area contributed by atoms with Gasteiger partial charge < -0.3 is 9.64 Å². The number of nitrogens with zero attached hydrogens (tertiary/aromatic N) is 4. The van der Waals surface area contributed by atoms with Gasteiger partial charge >= 0.3 is 6.01 Å². The van der Waals surface area contributed by atoms with Gasteiger partial charge in [-0.05, 0) is 18.4 Å². The Morgan fingerprint density at radius 1 is 1.12 bits per heavy atom. The number of benzene rings is 1. The van der Waals surface area contributed by atoms with Crippen molar-refractivity contribution in [3.8, 4) is 6.01 Å². The van der Waals surface area contributed by atoms with Crippen LogP contribution in [0, 0.1) is 0 Å². The first-order valence-electron chi connectivity index (χ1n) is 8.11. The minimum atomic E-state index is -3.49. The van der Waals surface area contributed by atoms with E-state index in [2.05, 4.69) is 19.7 Å². The van der Waals surface area contributed by atoms with Crippen LogP contribution in [0.25, 0.3) is 0 Å². The molecule has 0 radical (unpaired) electrons. The number of anilines is 1. The van der Waals surface area contributed by atoms with Crippen molar-refractivity contribution in [3.63, 3.8) is 0 Å². The standard InChI is InChI=1S/C16H21N5O3S/c1-24-16-19-14(18-15(20-16)21-9-5-6-10-21)11-17-25(22,23)12-13-7-3-2-4-8-13/h2-4,7-8,17H,5-6,9-12H2,1H3. The molecule has 1 aromatic heterocycles. The molecule has 1 aliphatic heterocycles. The fourth-order valence-electron chi connectivity index (χ4n) is 2.63. The molecule has 3 rings (SSSR count). The molecule has 0 bridgehead atoms. The van der Waals surface area contributed by atoms with E-state index in [1.165, 1.54) is 7.11 Å². The van der Waals surface area contributed by atoms with Crippen molar-refractivity contribution < 1.29 is 13.2 Å². The highest BCUT2D eigenvalue weighted by molar-refractivity contribution is 7.88. The Kier molecular flexibility index (Phi) is 5.44. The summed E-state index contributed by atoms with van der Waals surface area (Å²) in [4.78, 5) is 14.8. The first-order chi connectivity index (χ1) is 12.1. The highest BCUT2D eigenvalue weighted by Gasteiger charge is 2.19. The van der Waals surface area contributed by atoms with Gasteiger partial charge in [0.15, 0.2) is 5.82 Å². The smallest absolute Gasteiger partial charge is 0.321 e. The van der Waals surface area contributed by atoms with Gasteiger partial charge in [0.2, 0.25) is 16.0 Å². The van der Waals surface area contributed by atoms with E-state index in [0.29, 0.717) is 11.8 Å².